The molecule has 0 atom stereocenters. The maximum absolute atomic E-state index is 10.2. The highest BCUT2D eigenvalue weighted by atomic mass is 16.5. The van der Waals surface area contributed by atoms with Crippen molar-refractivity contribution in [3.8, 4) is 0 Å². The number of hydrogen-bond donors (Lipinski definition) is 1. The Morgan fingerprint density at radius 2 is 2.12 bits per heavy atom. The molecule has 4 heteroatoms. The average Bonchev–Trinajstić information content (AvgIpc) is 2.42. The van der Waals surface area contributed by atoms with Crippen molar-refractivity contribution in [1.29, 1.82) is 0 Å². The molecule has 2 bridgehead atoms. The molecule has 1 aliphatic carbocycles. The molecule has 0 aromatic rings. The molecule has 2 heterocycles. The third kappa shape index (κ3) is 4.28. The summed E-state index contributed by atoms with van der Waals surface area (Å²) in [5.74, 6) is -0.123. The highest BCUT2D eigenvalue weighted by Gasteiger charge is 2.40. The molecule has 3 aliphatic rings. The van der Waals surface area contributed by atoms with E-state index in [-0.39, 0.29) is 11.4 Å². The van der Waals surface area contributed by atoms with E-state index < -0.39 is 0 Å². The Morgan fingerprint density at radius 1 is 1.47 bits per heavy atom. The van der Waals surface area contributed by atoms with Gasteiger partial charge in [0, 0.05) is 11.8 Å². The van der Waals surface area contributed by atoms with Gasteiger partial charge >= 0.3 is 5.97 Å². The van der Waals surface area contributed by atoms with Gasteiger partial charge in [-0.05, 0) is 32.1 Å². The lowest BCUT2D eigenvalue weighted by atomic mass is 9.72. The van der Waals surface area contributed by atoms with Crippen molar-refractivity contribution in [2.24, 2.45) is 5.41 Å². The lowest BCUT2D eigenvalue weighted by Gasteiger charge is -2.45. The van der Waals surface area contributed by atoms with Gasteiger partial charge in [0.2, 0.25) is 0 Å². The van der Waals surface area contributed by atoms with E-state index in [0.717, 1.165) is 13.0 Å². The first kappa shape index (κ1) is 14.5. The van der Waals surface area contributed by atoms with Crippen LogP contribution in [0.5, 0.6) is 0 Å². The molecule has 0 aromatic heterocycles. The summed E-state index contributed by atoms with van der Waals surface area (Å²) in [6.07, 6.45) is 6.61. The number of aliphatic hydroxyl groups excluding tert-OH is 1. The molecule has 0 spiro atoms. The molecule has 2 aliphatic heterocycles. The number of hydrogen-bond acceptors (Lipinski definition) is 4. The van der Waals surface area contributed by atoms with Crippen LogP contribution in [-0.4, -0.2) is 37.5 Å². The lowest BCUT2D eigenvalue weighted by Crippen LogP contribution is -2.44. The molecule has 1 N–H and O–H groups in total. The fourth-order valence-corrected chi connectivity index (χ4v) is 2.32. The van der Waals surface area contributed by atoms with E-state index in [9.17, 15) is 4.79 Å². The molecular weight excluding hydrogens is 220 g/mol. The minimum absolute atomic E-state index is 0.123. The molecule has 0 unspecified atom stereocenters. The predicted molar refractivity (Wildman–Crippen MR) is 64.7 cm³/mol. The number of carbonyl (C=O) groups excluding carboxylic acids is 1. The van der Waals surface area contributed by atoms with Crippen LogP contribution in [0.2, 0.25) is 0 Å². The van der Waals surface area contributed by atoms with Crippen LogP contribution in [-0.2, 0) is 14.3 Å². The summed E-state index contributed by atoms with van der Waals surface area (Å²) in [7, 11) is 1.40. The van der Waals surface area contributed by atoms with Crippen LogP contribution < -0.4 is 0 Å². The van der Waals surface area contributed by atoms with Gasteiger partial charge in [0.25, 0.3) is 0 Å². The number of carbonyl (C=O) groups is 1. The minimum atomic E-state index is -0.123. The molecule has 3 rings (SSSR count). The third-order valence-corrected chi connectivity index (χ3v) is 3.64. The summed E-state index contributed by atoms with van der Waals surface area (Å²) in [6, 6.07) is 0. The third-order valence-electron chi connectivity index (χ3n) is 3.64. The average molecular weight is 244 g/mol. The van der Waals surface area contributed by atoms with Crippen LogP contribution in [0.4, 0.5) is 0 Å². The van der Waals surface area contributed by atoms with E-state index in [1.807, 2.05) is 6.92 Å². The first-order chi connectivity index (χ1) is 8.15. The van der Waals surface area contributed by atoms with Crippen molar-refractivity contribution in [2.45, 2.75) is 51.6 Å². The summed E-state index contributed by atoms with van der Waals surface area (Å²) in [5, 5.41) is 9.09. The number of fused-ring (bicyclic) bond motifs is 3. The molecule has 0 amide bonds. The van der Waals surface area contributed by atoms with Gasteiger partial charge in [-0.15, -0.1) is 0 Å². The first-order valence-electron chi connectivity index (χ1n) is 6.45. The summed E-state index contributed by atoms with van der Waals surface area (Å²) in [6.45, 7) is 3.06. The molecule has 100 valence electrons. The van der Waals surface area contributed by atoms with Crippen molar-refractivity contribution in [3.63, 3.8) is 0 Å². The highest BCUT2D eigenvalue weighted by Crippen LogP contribution is 2.42. The Bertz CT molecular complexity index is 218. The van der Waals surface area contributed by atoms with E-state index >= 15 is 0 Å². The smallest absolute Gasteiger partial charge is 0.305 e. The topological polar surface area (TPSA) is 55.8 Å². The molecule has 0 aromatic carbocycles. The SMILES string of the molecule is CCCC(=O)OC.OCC12CCC(CC1)OC2. The number of methoxy groups -OCH3 is 1. The maximum Gasteiger partial charge on any atom is 0.305 e. The van der Waals surface area contributed by atoms with Crippen molar-refractivity contribution in [1.82, 2.24) is 0 Å². The molecular formula is C13H24O4. The van der Waals surface area contributed by atoms with Gasteiger partial charge in [0.05, 0.1) is 26.4 Å². The standard InChI is InChI=1S/C8H14O2.C5H10O2/c9-5-8-3-1-7(2-4-8)10-6-8;1-3-4-5(6)7-2/h7,9H,1-6H2;3-4H2,1-2H3. The second-order valence-corrected chi connectivity index (χ2v) is 4.99. The van der Waals surface area contributed by atoms with Crippen molar-refractivity contribution in [3.05, 3.63) is 0 Å². The Kier molecular flexibility index (Phi) is 5.92. The fraction of sp³-hybridized carbons (Fsp3) is 0.923. The Labute approximate surface area is 103 Å². The van der Waals surface area contributed by atoms with E-state index in [1.54, 1.807) is 0 Å². The highest BCUT2D eigenvalue weighted by molar-refractivity contribution is 5.68. The molecule has 0 radical (unpaired) electrons. The normalized spacial score (nSPS) is 30.4. The van der Waals surface area contributed by atoms with E-state index in [2.05, 4.69) is 4.74 Å². The first-order valence-corrected chi connectivity index (χ1v) is 6.45. The molecule has 3 fully saturated rings. The van der Waals surface area contributed by atoms with Crippen LogP contribution in [0.1, 0.15) is 45.4 Å². The van der Waals surface area contributed by atoms with Crippen LogP contribution in [0.25, 0.3) is 0 Å². The predicted octanol–water partition coefficient (Wildman–Crippen LogP) is 1.90. The number of ether oxygens (including phenoxy) is 2. The fourth-order valence-electron chi connectivity index (χ4n) is 2.32. The zero-order valence-corrected chi connectivity index (χ0v) is 10.9. The molecule has 4 nitrogen and oxygen atoms in total. The Balaban J connectivity index is 0.000000185. The van der Waals surface area contributed by atoms with Gasteiger partial charge in [0.1, 0.15) is 0 Å². The molecule has 1 saturated carbocycles. The van der Waals surface area contributed by atoms with Crippen LogP contribution in [0.3, 0.4) is 0 Å². The minimum Gasteiger partial charge on any atom is -0.469 e. The monoisotopic (exact) mass is 244 g/mol. The summed E-state index contributed by atoms with van der Waals surface area (Å²) >= 11 is 0. The zero-order chi connectivity index (χ0) is 12.7. The second kappa shape index (κ2) is 6.97. The largest absolute Gasteiger partial charge is 0.469 e. The summed E-state index contributed by atoms with van der Waals surface area (Å²) in [4.78, 5) is 10.2. The van der Waals surface area contributed by atoms with E-state index in [0.29, 0.717) is 19.1 Å². The summed E-state index contributed by atoms with van der Waals surface area (Å²) in [5.41, 5.74) is 0.161. The van der Waals surface area contributed by atoms with Gasteiger partial charge in [-0.3, -0.25) is 4.79 Å². The van der Waals surface area contributed by atoms with E-state index in [4.69, 9.17) is 9.84 Å². The second-order valence-electron chi connectivity index (χ2n) is 4.99. The van der Waals surface area contributed by atoms with E-state index in [1.165, 1.54) is 32.8 Å². The molecule has 2 saturated heterocycles. The number of aliphatic hydroxyl groups is 1. The van der Waals surface area contributed by atoms with Gasteiger partial charge in [-0.25, -0.2) is 0 Å². The Hall–Kier alpha value is -0.610. The van der Waals surface area contributed by atoms with Crippen molar-refractivity contribution < 1.29 is 19.4 Å². The zero-order valence-electron chi connectivity index (χ0n) is 10.9. The number of rotatable bonds is 3. The van der Waals surface area contributed by atoms with Crippen LogP contribution in [0, 0.1) is 5.41 Å². The Morgan fingerprint density at radius 3 is 2.35 bits per heavy atom. The quantitative estimate of drug-likeness (QED) is 0.770. The van der Waals surface area contributed by atoms with Gasteiger partial charge in [0.15, 0.2) is 0 Å². The van der Waals surface area contributed by atoms with Gasteiger partial charge in [-0.2, -0.15) is 0 Å². The van der Waals surface area contributed by atoms with Crippen molar-refractivity contribution >= 4 is 5.97 Å². The lowest BCUT2D eigenvalue weighted by molar-refractivity contribution is -0.140. The molecule has 17 heavy (non-hydrogen) atoms. The van der Waals surface area contributed by atoms with Gasteiger partial charge < -0.3 is 14.6 Å². The van der Waals surface area contributed by atoms with Gasteiger partial charge in [-0.1, -0.05) is 6.92 Å². The van der Waals surface area contributed by atoms with Crippen molar-refractivity contribution in [2.75, 3.05) is 20.3 Å². The van der Waals surface area contributed by atoms with Crippen LogP contribution in [0.15, 0.2) is 0 Å². The summed E-state index contributed by atoms with van der Waals surface area (Å²) < 4.78 is 9.86. The number of esters is 1. The maximum atomic E-state index is 10.2. The van der Waals surface area contributed by atoms with Crippen LogP contribution >= 0.6 is 0 Å².